The van der Waals surface area contributed by atoms with Crippen LogP contribution < -0.4 is 0 Å². The van der Waals surface area contributed by atoms with E-state index in [2.05, 4.69) is 0 Å². The van der Waals surface area contributed by atoms with Gasteiger partial charge in [-0.2, -0.15) is 0 Å². The number of hydrogen-bond acceptors (Lipinski definition) is 3. The van der Waals surface area contributed by atoms with Crippen LogP contribution >= 0.6 is 0 Å². The topological polar surface area (TPSA) is 46.5 Å². The average molecular weight is 230 g/mol. The molecule has 0 spiro atoms. The molecule has 4 heteroatoms. The molecule has 15 heavy (non-hydrogen) atoms. The van der Waals surface area contributed by atoms with Crippen molar-refractivity contribution in [1.29, 1.82) is 0 Å². The molecule has 0 aromatic rings. The third-order valence-electron chi connectivity index (χ3n) is 1.81. The van der Waals surface area contributed by atoms with Gasteiger partial charge in [0.1, 0.15) is 6.10 Å². The Kier molecular flexibility index (Phi) is 5.24. The van der Waals surface area contributed by atoms with Crippen LogP contribution in [-0.4, -0.2) is 25.3 Å². The second-order valence-electron chi connectivity index (χ2n) is 5.00. The number of ketones is 1. The van der Waals surface area contributed by atoms with Gasteiger partial charge in [0, 0.05) is 12.0 Å². The molecule has 0 saturated carbocycles. The maximum Gasteiger partial charge on any atom is 0.186 e. The number of aliphatic hydroxyl groups is 1. The highest BCUT2D eigenvalue weighted by Gasteiger charge is 2.22. The van der Waals surface area contributed by atoms with Gasteiger partial charge in [0.05, 0.1) is 5.76 Å². The van der Waals surface area contributed by atoms with Gasteiger partial charge >= 0.3 is 0 Å². The van der Waals surface area contributed by atoms with E-state index in [-0.39, 0.29) is 17.5 Å². The molecule has 0 saturated heterocycles. The normalized spacial score (nSPS) is 15.5. The Morgan fingerprint density at radius 2 is 1.73 bits per heavy atom. The highest BCUT2D eigenvalue weighted by atomic mass is 28.4. The molecule has 0 aromatic heterocycles. The quantitative estimate of drug-likeness (QED) is 0.449. The summed E-state index contributed by atoms with van der Waals surface area (Å²) in [6.45, 7) is 11.5. The minimum atomic E-state index is -1.69. The molecule has 0 amide bonds. The van der Waals surface area contributed by atoms with Gasteiger partial charge in [-0.3, -0.25) is 4.79 Å². The Bertz CT molecular complexity index is 251. The molecule has 1 atom stereocenters. The van der Waals surface area contributed by atoms with E-state index in [1.54, 1.807) is 6.92 Å². The van der Waals surface area contributed by atoms with Crippen molar-refractivity contribution >= 4 is 14.1 Å². The number of carbonyl (C=O) groups excluding carboxylic acids is 1. The average Bonchev–Trinajstić information content (AvgIpc) is 2.00. The van der Waals surface area contributed by atoms with Crippen LogP contribution in [0.5, 0.6) is 0 Å². The monoisotopic (exact) mass is 230 g/mol. The van der Waals surface area contributed by atoms with Gasteiger partial charge in [-0.15, -0.1) is 0 Å². The zero-order chi connectivity index (χ0) is 12.2. The molecule has 0 aliphatic carbocycles. The Morgan fingerprint density at radius 1 is 1.27 bits per heavy atom. The third kappa shape index (κ3) is 6.46. The zero-order valence-corrected chi connectivity index (χ0v) is 11.5. The van der Waals surface area contributed by atoms with Gasteiger partial charge in [-0.1, -0.05) is 13.8 Å². The molecule has 88 valence electrons. The van der Waals surface area contributed by atoms with Gasteiger partial charge < -0.3 is 9.53 Å². The molecule has 0 aliphatic rings. The number of carbonyl (C=O) groups is 1. The highest BCUT2D eigenvalue weighted by Crippen LogP contribution is 2.10. The molecule has 0 heterocycles. The van der Waals surface area contributed by atoms with Crippen LogP contribution in [-0.2, 0) is 9.22 Å². The SMILES string of the molecule is CC(O[Si](C)(C)C)C(=O)/C=C(\O)C(C)C. The molecule has 0 aromatic carbocycles. The van der Waals surface area contributed by atoms with Crippen LogP contribution in [0, 0.1) is 5.92 Å². The molecule has 0 aliphatic heterocycles. The lowest BCUT2D eigenvalue weighted by Gasteiger charge is -2.21. The lowest BCUT2D eigenvalue weighted by Crippen LogP contribution is -2.34. The van der Waals surface area contributed by atoms with Gasteiger partial charge in [0.15, 0.2) is 14.1 Å². The van der Waals surface area contributed by atoms with Gasteiger partial charge in [0.2, 0.25) is 0 Å². The minimum absolute atomic E-state index is 0.0203. The molecule has 0 radical (unpaired) electrons. The van der Waals surface area contributed by atoms with Crippen LogP contribution in [0.4, 0.5) is 0 Å². The minimum Gasteiger partial charge on any atom is -0.512 e. The van der Waals surface area contributed by atoms with E-state index < -0.39 is 14.4 Å². The van der Waals surface area contributed by atoms with E-state index >= 15 is 0 Å². The zero-order valence-electron chi connectivity index (χ0n) is 10.5. The van der Waals surface area contributed by atoms with E-state index in [0.29, 0.717) is 0 Å². The lowest BCUT2D eigenvalue weighted by molar-refractivity contribution is -0.120. The van der Waals surface area contributed by atoms with Gasteiger partial charge in [0.25, 0.3) is 0 Å². The second kappa shape index (κ2) is 5.46. The van der Waals surface area contributed by atoms with Gasteiger partial charge in [-0.05, 0) is 26.6 Å². The standard InChI is InChI=1S/C11H22O3Si/c1-8(2)10(12)7-11(13)9(3)14-15(4,5)6/h7-9,12H,1-6H3/b10-7-. The maximum atomic E-state index is 11.6. The number of allylic oxidation sites excluding steroid dienone is 1. The molecule has 0 bridgehead atoms. The molecular formula is C11H22O3Si. The second-order valence-corrected chi connectivity index (χ2v) is 9.46. The summed E-state index contributed by atoms with van der Waals surface area (Å²) in [4.78, 5) is 11.6. The summed E-state index contributed by atoms with van der Waals surface area (Å²) in [5.41, 5.74) is 0. The van der Waals surface area contributed by atoms with Crippen molar-refractivity contribution in [3.63, 3.8) is 0 Å². The van der Waals surface area contributed by atoms with E-state index in [9.17, 15) is 9.90 Å². The van der Waals surface area contributed by atoms with E-state index in [0.717, 1.165) is 0 Å². The summed E-state index contributed by atoms with van der Waals surface area (Å²) in [7, 11) is -1.69. The predicted octanol–water partition coefficient (Wildman–Crippen LogP) is 2.89. The number of hydrogen-bond donors (Lipinski definition) is 1. The summed E-state index contributed by atoms with van der Waals surface area (Å²) in [5.74, 6) is -0.0670. The Labute approximate surface area is 93.3 Å². The Morgan fingerprint density at radius 3 is 2.07 bits per heavy atom. The van der Waals surface area contributed by atoms with Crippen LogP contribution in [0.2, 0.25) is 19.6 Å². The van der Waals surface area contributed by atoms with Crippen molar-refractivity contribution in [3.05, 3.63) is 11.8 Å². The van der Waals surface area contributed by atoms with Crippen molar-refractivity contribution < 1.29 is 14.3 Å². The van der Waals surface area contributed by atoms with E-state index in [1.807, 2.05) is 33.5 Å². The van der Waals surface area contributed by atoms with Crippen molar-refractivity contribution in [2.75, 3.05) is 0 Å². The Hall–Kier alpha value is -0.613. The van der Waals surface area contributed by atoms with Gasteiger partial charge in [-0.25, -0.2) is 0 Å². The molecule has 0 rings (SSSR count). The first-order chi connectivity index (χ1) is 6.63. The summed E-state index contributed by atoms with van der Waals surface area (Å²) in [6.07, 6.45) is 0.813. The number of rotatable bonds is 5. The Balaban J connectivity index is 4.41. The van der Waals surface area contributed by atoms with Crippen molar-refractivity contribution in [2.24, 2.45) is 5.92 Å². The fourth-order valence-electron chi connectivity index (χ4n) is 1.02. The summed E-state index contributed by atoms with van der Waals surface area (Å²) >= 11 is 0. The smallest absolute Gasteiger partial charge is 0.186 e. The van der Waals surface area contributed by atoms with Crippen molar-refractivity contribution in [3.8, 4) is 0 Å². The predicted molar refractivity (Wildman–Crippen MR) is 64.4 cm³/mol. The first-order valence-corrected chi connectivity index (χ1v) is 8.66. The fraction of sp³-hybridized carbons (Fsp3) is 0.727. The fourth-order valence-corrected chi connectivity index (χ4v) is 2.19. The first-order valence-electron chi connectivity index (χ1n) is 5.25. The summed E-state index contributed by atoms with van der Waals surface area (Å²) in [5, 5.41) is 9.44. The molecular weight excluding hydrogens is 208 g/mol. The molecule has 0 fully saturated rings. The number of aliphatic hydroxyl groups excluding tert-OH is 1. The first kappa shape index (κ1) is 14.4. The lowest BCUT2D eigenvalue weighted by atomic mass is 10.1. The summed E-state index contributed by atoms with van der Waals surface area (Å²) < 4.78 is 5.61. The van der Waals surface area contributed by atoms with Crippen LogP contribution in [0.1, 0.15) is 20.8 Å². The molecule has 1 N–H and O–H groups in total. The van der Waals surface area contributed by atoms with Crippen molar-refractivity contribution in [2.45, 2.75) is 46.5 Å². The summed E-state index contributed by atoms with van der Waals surface area (Å²) in [6, 6.07) is 0. The molecule has 1 unspecified atom stereocenters. The van der Waals surface area contributed by atoms with Crippen molar-refractivity contribution in [1.82, 2.24) is 0 Å². The van der Waals surface area contributed by atoms with E-state index in [1.165, 1.54) is 6.08 Å². The third-order valence-corrected chi connectivity index (χ3v) is 2.87. The largest absolute Gasteiger partial charge is 0.512 e. The maximum absolute atomic E-state index is 11.6. The van der Waals surface area contributed by atoms with E-state index in [4.69, 9.17) is 4.43 Å². The van der Waals surface area contributed by atoms with Crippen LogP contribution in [0.3, 0.4) is 0 Å². The highest BCUT2D eigenvalue weighted by molar-refractivity contribution is 6.69. The van der Waals surface area contributed by atoms with Crippen LogP contribution in [0.15, 0.2) is 11.8 Å². The van der Waals surface area contributed by atoms with Crippen LogP contribution in [0.25, 0.3) is 0 Å². The molecule has 3 nitrogen and oxygen atoms in total.